The molecule has 1 aliphatic heterocycles. The van der Waals surface area contributed by atoms with E-state index in [2.05, 4.69) is 20.2 Å². The first kappa shape index (κ1) is 21.5. The quantitative estimate of drug-likeness (QED) is 0.502. The van der Waals surface area contributed by atoms with E-state index in [0.29, 0.717) is 18.7 Å². The number of ether oxygens (including phenoxy) is 1. The smallest absolute Gasteiger partial charge is 0.341 e. The van der Waals surface area contributed by atoms with E-state index in [1.807, 2.05) is 13.8 Å². The van der Waals surface area contributed by atoms with Gasteiger partial charge < -0.3 is 19.8 Å². The number of phenolic OH excluding ortho intramolecular Hbond substituents is 1. The molecule has 2 N–H and O–H groups in total. The second-order valence-electron chi connectivity index (χ2n) is 7.34. The third-order valence-corrected chi connectivity index (χ3v) is 6.06. The topological polar surface area (TPSA) is 86.1 Å². The molecule has 0 saturated carbocycles. The van der Waals surface area contributed by atoms with Gasteiger partial charge in [-0.2, -0.15) is 0 Å². The number of hydrogen-bond acceptors (Lipinski definition) is 8. The number of aryl methyl sites for hydroxylation is 1. The van der Waals surface area contributed by atoms with Gasteiger partial charge in [0, 0.05) is 38.1 Å². The number of esters is 1. The number of carbonyl (C=O) groups is 1. The van der Waals surface area contributed by atoms with E-state index >= 15 is 0 Å². The third kappa shape index (κ3) is 5.68. The summed E-state index contributed by atoms with van der Waals surface area (Å²) in [6, 6.07) is 4.62. The maximum absolute atomic E-state index is 12.2. The van der Waals surface area contributed by atoms with Gasteiger partial charge in [0.2, 0.25) is 0 Å². The number of hydrogen-bond donors (Lipinski definition) is 2. The number of piperazine rings is 1. The average molecular weight is 420 g/mol. The summed E-state index contributed by atoms with van der Waals surface area (Å²) in [4.78, 5) is 21.2. The van der Waals surface area contributed by atoms with Gasteiger partial charge >= 0.3 is 5.97 Å². The van der Waals surface area contributed by atoms with Crippen molar-refractivity contribution in [3.8, 4) is 5.75 Å². The average Bonchev–Trinajstić information content (AvgIpc) is 3.15. The predicted molar refractivity (Wildman–Crippen MR) is 114 cm³/mol. The lowest BCUT2D eigenvalue weighted by molar-refractivity contribution is 0.0496. The summed E-state index contributed by atoms with van der Waals surface area (Å²) in [6.45, 7) is 8.20. The molecule has 1 aliphatic rings. The van der Waals surface area contributed by atoms with Crippen LogP contribution < -0.4 is 4.90 Å². The number of unbranched alkanes of at least 4 members (excludes halogenated alkanes) is 1. The maximum atomic E-state index is 12.2. The minimum atomic E-state index is -0.744. The Morgan fingerprint density at radius 1 is 1.31 bits per heavy atom. The van der Waals surface area contributed by atoms with Crippen LogP contribution in [0.15, 0.2) is 23.6 Å². The van der Waals surface area contributed by atoms with Crippen LogP contribution in [-0.2, 0) is 4.74 Å². The number of aliphatic hydroxyl groups is 1. The Morgan fingerprint density at radius 2 is 2.07 bits per heavy atom. The normalized spacial score (nSPS) is 16.0. The number of aliphatic hydroxyl groups excluding tert-OH is 1. The largest absolute Gasteiger partial charge is 0.507 e. The Morgan fingerprint density at radius 3 is 2.72 bits per heavy atom. The Kier molecular flexibility index (Phi) is 7.46. The molecule has 8 heteroatoms. The highest BCUT2D eigenvalue weighted by Crippen LogP contribution is 2.25. The molecule has 2 heterocycles. The van der Waals surface area contributed by atoms with E-state index in [4.69, 9.17) is 4.74 Å². The van der Waals surface area contributed by atoms with Crippen LogP contribution in [0, 0.1) is 6.92 Å². The number of anilines is 1. The number of thiazole rings is 1. The third-order valence-electron chi connectivity index (χ3n) is 5.04. The lowest BCUT2D eigenvalue weighted by atomic mass is 10.0. The first-order valence-electron chi connectivity index (χ1n) is 10.1. The van der Waals surface area contributed by atoms with Gasteiger partial charge in [-0.25, -0.2) is 9.78 Å². The highest BCUT2D eigenvalue weighted by atomic mass is 32.1. The molecule has 0 amide bonds. The predicted octanol–water partition coefficient (Wildman–Crippen LogP) is 2.97. The molecular formula is C21H29N3O4S. The summed E-state index contributed by atoms with van der Waals surface area (Å²) in [5.41, 5.74) is 1.74. The molecule has 1 fully saturated rings. The summed E-state index contributed by atoms with van der Waals surface area (Å²) < 4.78 is 5.19. The zero-order valence-corrected chi connectivity index (χ0v) is 17.8. The standard InChI is InChI=1S/C21H29N3O4S/c1-3-4-11-28-20(27)17-12-16(5-6-18(17)25)19(26)13-23-7-9-24(10-8-23)21-22-15(2)14-29-21/h5-6,12,14,19,25-26H,3-4,7-11,13H2,1-2H3. The molecule has 1 aromatic carbocycles. The van der Waals surface area contributed by atoms with Gasteiger partial charge in [0.1, 0.15) is 11.3 Å². The van der Waals surface area contributed by atoms with Crippen LogP contribution in [0.4, 0.5) is 5.13 Å². The number of nitrogens with zero attached hydrogens (tertiary/aromatic N) is 3. The molecule has 1 unspecified atom stereocenters. The van der Waals surface area contributed by atoms with Crippen LogP contribution in [-0.4, -0.2) is 65.4 Å². The SMILES string of the molecule is CCCCOC(=O)c1cc(C(O)CN2CCN(c3nc(C)cs3)CC2)ccc1O. The van der Waals surface area contributed by atoms with Crippen molar-refractivity contribution in [2.75, 3.05) is 44.2 Å². The molecule has 2 aromatic rings. The van der Waals surface area contributed by atoms with E-state index in [-0.39, 0.29) is 11.3 Å². The molecule has 29 heavy (non-hydrogen) atoms. The monoisotopic (exact) mass is 419 g/mol. The van der Waals surface area contributed by atoms with Crippen molar-refractivity contribution in [1.82, 2.24) is 9.88 Å². The summed E-state index contributed by atoms with van der Waals surface area (Å²) in [7, 11) is 0. The lowest BCUT2D eigenvalue weighted by Gasteiger charge is -2.35. The number of phenols is 1. The van der Waals surface area contributed by atoms with E-state index in [9.17, 15) is 15.0 Å². The lowest BCUT2D eigenvalue weighted by Crippen LogP contribution is -2.47. The second-order valence-corrected chi connectivity index (χ2v) is 8.18. The number of aromatic hydroxyl groups is 1. The molecule has 1 atom stereocenters. The highest BCUT2D eigenvalue weighted by Gasteiger charge is 2.23. The van der Waals surface area contributed by atoms with Crippen LogP contribution >= 0.6 is 11.3 Å². The summed E-state index contributed by atoms with van der Waals surface area (Å²) in [5.74, 6) is -0.688. The number of β-amino-alcohol motifs (C(OH)–C–C–N with tert-alkyl or cyclic N) is 1. The number of benzene rings is 1. The minimum absolute atomic E-state index is 0.0987. The minimum Gasteiger partial charge on any atom is -0.507 e. The van der Waals surface area contributed by atoms with Gasteiger partial charge in [-0.1, -0.05) is 19.4 Å². The molecular weight excluding hydrogens is 390 g/mol. The summed E-state index contributed by atoms with van der Waals surface area (Å²) in [6.07, 6.45) is 0.959. The number of rotatable bonds is 8. The van der Waals surface area contributed by atoms with Crippen LogP contribution in [0.3, 0.4) is 0 Å². The van der Waals surface area contributed by atoms with E-state index in [1.165, 1.54) is 12.1 Å². The molecule has 0 aliphatic carbocycles. The first-order valence-corrected chi connectivity index (χ1v) is 10.9. The molecule has 1 aromatic heterocycles. The number of aromatic nitrogens is 1. The van der Waals surface area contributed by atoms with Gasteiger partial charge in [0.15, 0.2) is 5.13 Å². The Labute approximate surface area is 175 Å². The Bertz CT molecular complexity index is 818. The first-order chi connectivity index (χ1) is 14.0. The maximum Gasteiger partial charge on any atom is 0.341 e. The fourth-order valence-electron chi connectivity index (χ4n) is 3.27. The number of carbonyl (C=O) groups excluding carboxylic acids is 1. The Balaban J connectivity index is 1.56. The van der Waals surface area contributed by atoms with Crippen LogP contribution in [0.1, 0.15) is 47.5 Å². The molecule has 0 radical (unpaired) electrons. The van der Waals surface area contributed by atoms with Crippen molar-refractivity contribution >= 4 is 22.4 Å². The van der Waals surface area contributed by atoms with E-state index in [0.717, 1.165) is 49.8 Å². The van der Waals surface area contributed by atoms with Crippen molar-refractivity contribution in [2.24, 2.45) is 0 Å². The van der Waals surface area contributed by atoms with Crippen molar-refractivity contribution in [2.45, 2.75) is 32.8 Å². The molecule has 158 valence electrons. The molecule has 0 bridgehead atoms. The van der Waals surface area contributed by atoms with Gasteiger partial charge in [-0.05, 0) is 31.0 Å². The van der Waals surface area contributed by atoms with Crippen molar-refractivity contribution in [1.29, 1.82) is 0 Å². The molecule has 0 spiro atoms. The summed E-state index contributed by atoms with van der Waals surface area (Å²) >= 11 is 1.66. The van der Waals surface area contributed by atoms with Gasteiger partial charge in [-0.3, -0.25) is 4.90 Å². The fourth-order valence-corrected chi connectivity index (χ4v) is 4.13. The molecule has 1 saturated heterocycles. The highest BCUT2D eigenvalue weighted by molar-refractivity contribution is 7.13. The van der Waals surface area contributed by atoms with Crippen molar-refractivity contribution in [3.05, 3.63) is 40.4 Å². The fraction of sp³-hybridized carbons (Fsp3) is 0.524. The zero-order chi connectivity index (χ0) is 20.8. The van der Waals surface area contributed by atoms with Crippen LogP contribution in [0.5, 0.6) is 5.75 Å². The van der Waals surface area contributed by atoms with E-state index in [1.54, 1.807) is 17.4 Å². The van der Waals surface area contributed by atoms with Gasteiger partial charge in [0.25, 0.3) is 0 Å². The van der Waals surface area contributed by atoms with Crippen molar-refractivity contribution in [3.63, 3.8) is 0 Å². The molecule has 7 nitrogen and oxygen atoms in total. The van der Waals surface area contributed by atoms with Gasteiger partial charge in [0.05, 0.1) is 18.4 Å². The van der Waals surface area contributed by atoms with E-state index < -0.39 is 12.1 Å². The Hall–Kier alpha value is -2.16. The van der Waals surface area contributed by atoms with Gasteiger partial charge in [-0.15, -0.1) is 11.3 Å². The van der Waals surface area contributed by atoms with Crippen molar-refractivity contribution < 1.29 is 19.7 Å². The van der Waals surface area contributed by atoms with Crippen LogP contribution in [0.2, 0.25) is 0 Å². The zero-order valence-electron chi connectivity index (χ0n) is 17.0. The second kappa shape index (κ2) is 10.0. The molecule has 3 rings (SSSR count). The summed E-state index contributed by atoms with van der Waals surface area (Å²) in [5, 5.41) is 23.8. The van der Waals surface area contributed by atoms with Crippen LogP contribution in [0.25, 0.3) is 0 Å².